The number of nitrogens with zero attached hydrogens (tertiary/aromatic N) is 3. The second-order valence-corrected chi connectivity index (χ2v) is 8.62. The Labute approximate surface area is 184 Å². The molecule has 31 heavy (non-hydrogen) atoms. The number of hydrogen-bond donors (Lipinski definition) is 0. The minimum absolute atomic E-state index is 0.360. The zero-order valence-electron chi connectivity index (χ0n) is 18.0. The zero-order valence-corrected chi connectivity index (χ0v) is 18.8. The Morgan fingerprint density at radius 2 is 1.58 bits per heavy atom. The SMILES string of the molecule is COc1cc2nc(S(=O)Cc3ccccc3N(C)C)n(-c3ccccc3)c2cc1OC. The van der Waals surface area contributed by atoms with E-state index in [0.717, 1.165) is 22.5 Å². The Kier molecular flexibility index (Phi) is 5.95. The van der Waals surface area contributed by atoms with E-state index in [1.54, 1.807) is 14.2 Å². The zero-order chi connectivity index (χ0) is 22.0. The molecule has 0 saturated heterocycles. The van der Waals surface area contributed by atoms with Crippen molar-refractivity contribution in [3.05, 3.63) is 72.3 Å². The van der Waals surface area contributed by atoms with Gasteiger partial charge in [-0.2, -0.15) is 0 Å². The van der Waals surface area contributed by atoms with Crippen LogP contribution in [0.3, 0.4) is 0 Å². The van der Waals surface area contributed by atoms with E-state index < -0.39 is 10.8 Å². The monoisotopic (exact) mass is 435 g/mol. The molecule has 6 nitrogen and oxygen atoms in total. The summed E-state index contributed by atoms with van der Waals surface area (Å²) in [6.45, 7) is 0. The molecule has 1 aromatic heterocycles. The predicted octanol–water partition coefficient (Wildman–Crippen LogP) is 4.42. The number of rotatable bonds is 7. The number of fused-ring (bicyclic) bond motifs is 1. The summed E-state index contributed by atoms with van der Waals surface area (Å²) in [6, 6.07) is 21.5. The van der Waals surface area contributed by atoms with Gasteiger partial charge in [0.2, 0.25) is 5.16 Å². The summed E-state index contributed by atoms with van der Waals surface area (Å²) in [6.07, 6.45) is 0. The summed E-state index contributed by atoms with van der Waals surface area (Å²) in [7, 11) is 5.79. The summed E-state index contributed by atoms with van der Waals surface area (Å²) in [5.74, 6) is 1.55. The molecule has 1 unspecified atom stereocenters. The quantitative estimate of drug-likeness (QED) is 0.430. The summed E-state index contributed by atoms with van der Waals surface area (Å²) < 4.78 is 26.5. The van der Waals surface area contributed by atoms with Gasteiger partial charge in [-0.15, -0.1) is 0 Å². The molecular formula is C24H25N3O3S. The van der Waals surface area contributed by atoms with Gasteiger partial charge in [0.15, 0.2) is 11.5 Å². The van der Waals surface area contributed by atoms with Gasteiger partial charge in [0, 0.05) is 37.6 Å². The Morgan fingerprint density at radius 1 is 0.935 bits per heavy atom. The van der Waals surface area contributed by atoms with Crippen molar-refractivity contribution in [3.63, 3.8) is 0 Å². The van der Waals surface area contributed by atoms with Crippen molar-refractivity contribution < 1.29 is 13.7 Å². The first kappa shape index (κ1) is 20.9. The number of hydrogen-bond acceptors (Lipinski definition) is 5. The van der Waals surface area contributed by atoms with Crippen LogP contribution in [0.25, 0.3) is 16.7 Å². The Bertz CT molecular complexity index is 1240. The highest BCUT2D eigenvalue weighted by molar-refractivity contribution is 7.84. The van der Waals surface area contributed by atoms with Crippen LogP contribution < -0.4 is 14.4 Å². The minimum atomic E-state index is -1.38. The van der Waals surface area contributed by atoms with Crippen molar-refractivity contribution in [1.29, 1.82) is 0 Å². The molecule has 0 radical (unpaired) electrons. The first-order valence-corrected chi connectivity index (χ1v) is 11.2. The highest BCUT2D eigenvalue weighted by Gasteiger charge is 2.21. The van der Waals surface area contributed by atoms with E-state index in [9.17, 15) is 4.21 Å². The summed E-state index contributed by atoms with van der Waals surface area (Å²) >= 11 is 0. The highest BCUT2D eigenvalue weighted by atomic mass is 32.2. The third-order valence-corrected chi connectivity index (χ3v) is 6.36. The normalized spacial score (nSPS) is 12.0. The third kappa shape index (κ3) is 4.01. The van der Waals surface area contributed by atoms with E-state index in [-0.39, 0.29) is 0 Å². The van der Waals surface area contributed by atoms with Crippen molar-refractivity contribution in [3.8, 4) is 17.2 Å². The van der Waals surface area contributed by atoms with E-state index in [1.165, 1.54) is 0 Å². The van der Waals surface area contributed by atoms with Crippen LogP contribution in [0.2, 0.25) is 0 Å². The number of para-hydroxylation sites is 2. The van der Waals surface area contributed by atoms with E-state index in [4.69, 9.17) is 14.5 Å². The second kappa shape index (κ2) is 8.81. The van der Waals surface area contributed by atoms with Gasteiger partial charge < -0.3 is 14.4 Å². The lowest BCUT2D eigenvalue weighted by Gasteiger charge is -2.17. The van der Waals surface area contributed by atoms with Crippen LogP contribution in [0.1, 0.15) is 5.56 Å². The van der Waals surface area contributed by atoms with Crippen molar-refractivity contribution in [1.82, 2.24) is 9.55 Å². The number of ether oxygens (including phenoxy) is 2. The second-order valence-electron chi connectivity index (χ2n) is 7.27. The fraction of sp³-hybridized carbons (Fsp3) is 0.208. The Hall–Kier alpha value is -3.32. The maximum absolute atomic E-state index is 13.6. The molecule has 160 valence electrons. The van der Waals surface area contributed by atoms with Crippen LogP contribution in [-0.4, -0.2) is 42.1 Å². The molecule has 4 rings (SSSR count). The number of imidazole rings is 1. The smallest absolute Gasteiger partial charge is 0.205 e. The molecule has 0 saturated carbocycles. The molecule has 0 aliphatic rings. The standard InChI is InChI=1S/C24H25N3O3S/c1-26(2)20-13-9-8-10-17(20)16-31(28)24-25-19-14-22(29-3)23(30-4)15-21(19)27(24)18-11-6-5-7-12-18/h5-15H,16H2,1-4H3. The molecule has 0 amide bonds. The molecular weight excluding hydrogens is 410 g/mol. The van der Waals surface area contributed by atoms with E-state index >= 15 is 0 Å². The molecule has 0 bridgehead atoms. The van der Waals surface area contributed by atoms with Gasteiger partial charge in [-0.25, -0.2) is 4.98 Å². The van der Waals surface area contributed by atoms with Crippen molar-refractivity contribution in [2.24, 2.45) is 0 Å². The van der Waals surface area contributed by atoms with Gasteiger partial charge in [0.1, 0.15) is 0 Å². The van der Waals surface area contributed by atoms with Crippen molar-refractivity contribution in [2.75, 3.05) is 33.2 Å². The maximum Gasteiger partial charge on any atom is 0.205 e. The van der Waals surface area contributed by atoms with Crippen LogP contribution >= 0.6 is 0 Å². The Balaban J connectivity index is 1.88. The number of methoxy groups -OCH3 is 2. The molecule has 0 spiro atoms. The van der Waals surface area contributed by atoms with E-state index in [2.05, 4.69) is 0 Å². The minimum Gasteiger partial charge on any atom is -0.493 e. The molecule has 3 aromatic carbocycles. The van der Waals surface area contributed by atoms with Crippen LogP contribution in [0.15, 0.2) is 71.9 Å². The summed E-state index contributed by atoms with van der Waals surface area (Å²) in [5.41, 5.74) is 4.45. The Morgan fingerprint density at radius 3 is 2.26 bits per heavy atom. The topological polar surface area (TPSA) is 56.6 Å². The fourth-order valence-corrected chi connectivity index (χ4v) is 4.90. The van der Waals surface area contributed by atoms with E-state index in [0.29, 0.717) is 27.9 Å². The maximum atomic E-state index is 13.6. The van der Waals surface area contributed by atoms with Crippen molar-refractivity contribution in [2.45, 2.75) is 10.9 Å². The summed E-state index contributed by atoms with van der Waals surface area (Å²) in [5, 5.41) is 0.491. The average Bonchev–Trinajstić information content (AvgIpc) is 3.17. The van der Waals surface area contributed by atoms with E-state index in [1.807, 2.05) is 90.3 Å². The number of benzene rings is 3. The summed E-state index contributed by atoms with van der Waals surface area (Å²) in [4.78, 5) is 6.79. The molecule has 1 atom stereocenters. The molecule has 7 heteroatoms. The molecule has 0 aliphatic carbocycles. The van der Waals surface area contributed by atoms with Crippen LogP contribution in [-0.2, 0) is 16.6 Å². The van der Waals surface area contributed by atoms with Gasteiger partial charge >= 0.3 is 0 Å². The molecule has 0 aliphatic heterocycles. The lowest BCUT2D eigenvalue weighted by atomic mass is 10.2. The number of anilines is 1. The average molecular weight is 436 g/mol. The lowest BCUT2D eigenvalue weighted by molar-refractivity contribution is 0.355. The van der Waals surface area contributed by atoms with Gasteiger partial charge in [0.25, 0.3) is 0 Å². The third-order valence-electron chi connectivity index (χ3n) is 5.11. The fourth-order valence-electron chi connectivity index (χ4n) is 3.64. The van der Waals surface area contributed by atoms with Gasteiger partial charge in [0.05, 0.1) is 41.8 Å². The first-order valence-electron chi connectivity index (χ1n) is 9.87. The molecule has 0 fully saturated rings. The largest absolute Gasteiger partial charge is 0.493 e. The van der Waals surface area contributed by atoms with Crippen LogP contribution in [0, 0.1) is 0 Å². The molecule has 1 heterocycles. The van der Waals surface area contributed by atoms with Gasteiger partial charge in [-0.05, 0) is 23.8 Å². The first-order chi connectivity index (χ1) is 15.0. The molecule has 4 aromatic rings. The van der Waals surface area contributed by atoms with Crippen LogP contribution in [0.4, 0.5) is 5.69 Å². The van der Waals surface area contributed by atoms with Crippen LogP contribution in [0.5, 0.6) is 11.5 Å². The van der Waals surface area contributed by atoms with Crippen molar-refractivity contribution >= 4 is 27.5 Å². The van der Waals surface area contributed by atoms with Gasteiger partial charge in [-0.1, -0.05) is 36.4 Å². The highest BCUT2D eigenvalue weighted by Crippen LogP contribution is 2.35. The molecule has 0 N–H and O–H groups in total. The predicted molar refractivity (Wildman–Crippen MR) is 125 cm³/mol. The lowest BCUT2D eigenvalue weighted by Crippen LogP contribution is -2.13. The van der Waals surface area contributed by atoms with Gasteiger partial charge in [-0.3, -0.25) is 8.78 Å². The number of aromatic nitrogens is 2.